The number of nitrogens with one attached hydrogen (secondary N) is 1. The number of rotatable bonds is 9. The summed E-state index contributed by atoms with van der Waals surface area (Å²) in [5.74, 6) is 1.32. The zero-order chi connectivity index (χ0) is 21.7. The number of amides is 1. The molecule has 2 aromatic heterocycles. The van der Waals surface area contributed by atoms with Crippen LogP contribution in [0.1, 0.15) is 28.9 Å². The van der Waals surface area contributed by atoms with Gasteiger partial charge in [-0.05, 0) is 44.9 Å². The van der Waals surface area contributed by atoms with Gasteiger partial charge in [0.05, 0.1) is 5.25 Å². The Balaban J connectivity index is 1.69. The van der Waals surface area contributed by atoms with E-state index < -0.39 is 5.25 Å². The van der Waals surface area contributed by atoms with Gasteiger partial charge in [0.15, 0.2) is 11.0 Å². The van der Waals surface area contributed by atoms with E-state index >= 15 is 0 Å². The minimum atomic E-state index is -0.394. The second-order valence-electron chi connectivity index (χ2n) is 6.73. The van der Waals surface area contributed by atoms with Crippen molar-refractivity contribution in [2.24, 2.45) is 0 Å². The monoisotopic (exact) mass is 444 g/mol. The van der Waals surface area contributed by atoms with E-state index in [0.717, 1.165) is 21.9 Å². The number of allylic oxidation sites excluding steroid dienone is 1. The molecule has 30 heavy (non-hydrogen) atoms. The van der Waals surface area contributed by atoms with Crippen molar-refractivity contribution in [2.45, 2.75) is 51.3 Å². The summed E-state index contributed by atoms with van der Waals surface area (Å²) >= 11 is 2.66. The summed E-state index contributed by atoms with van der Waals surface area (Å²) in [5.41, 5.74) is 2.19. The van der Waals surface area contributed by atoms with Gasteiger partial charge in [-0.25, -0.2) is 0 Å². The summed E-state index contributed by atoms with van der Waals surface area (Å²) < 4.78 is 7.88. The van der Waals surface area contributed by atoms with Crippen LogP contribution in [-0.2, 0) is 17.9 Å². The molecule has 0 saturated carbocycles. The minimum Gasteiger partial charge on any atom is -0.485 e. The lowest BCUT2D eigenvalue weighted by Gasteiger charge is -2.13. The van der Waals surface area contributed by atoms with E-state index in [1.807, 2.05) is 50.5 Å². The molecule has 0 radical (unpaired) electrons. The van der Waals surface area contributed by atoms with Crippen LogP contribution in [0, 0.1) is 20.8 Å². The van der Waals surface area contributed by atoms with Crippen LogP contribution in [0.25, 0.3) is 0 Å². The first-order valence-electron chi connectivity index (χ1n) is 9.38. The van der Waals surface area contributed by atoms with Gasteiger partial charge in [-0.2, -0.15) is 0 Å². The van der Waals surface area contributed by atoms with Crippen LogP contribution in [0.5, 0.6) is 5.75 Å². The van der Waals surface area contributed by atoms with E-state index in [1.54, 1.807) is 6.08 Å². The van der Waals surface area contributed by atoms with Gasteiger partial charge in [-0.3, -0.25) is 14.7 Å². The number of ether oxygens (including phenoxy) is 1. The molecular weight excluding hydrogens is 420 g/mol. The third-order valence-electron chi connectivity index (χ3n) is 4.21. The first-order chi connectivity index (χ1) is 14.4. The summed E-state index contributed by atoms with van der Waals surface area (Å²) in [7, 11) is 0. The van der Waals surface area contributed by atoms with Crippen LogP contribution in [0.2, 0.25) is 0 Å². The molecule has 0 fully saturated rings. The number of carbonyl (C=O) groups is 1. The molecule has 0 aliphatic heterocycles. The molecule has 10 heteroatoms. The number of anilines is 1. The van der Waals surface area contributed by atoms with E-state index in [1.165, 1.54) is 23.1 Å². The molecule has 158 valence electrons. The smallest absolute Gasteiger partial charge is 0.239 e. The minimum absolute atomic E-state index is 0.169. The number of benzene rings is 1. The van der Waals surface area contributed by atoms with Crippen LogP contribution in [-0.4, -0.2) is 36.1 Å². The van der Waals surface area contributed by atoms with Gasteiger partial charge >= 0.3 is 0 Å². The molecule has 1 aromatic carbocycles. The predicted molar refractivity (Wildman–Crippen MR) is 119 cm³/mol. The maximum Gasteiger partial charge on any atom is 0.239 e. The van der Waals surface area contributed by atoms with Gasteiger partial charge in [0.2, 0.25) is 11.0 Å². The van der Waals surface area contributed by atoms with Gasteiger partial charge in [0.25, 0.3) is 0 Å². The van der Waals surface area contributed by atoms with E-state index in [9.17, 15) is 4.79 Å². The van der Waals surface area contributed by atoms with Gasteiger partial charge in [0.1, 0.15) is 17.4 Å². The molecule has 3 rings (SSSR count). The Morgan fingerprint density at radius 1 is 1.30 bits per heavy atom. The Hall–Kier alpha value is -2.72. The second-order valence-corrected chi connectivity index (χ2v) is 9.22. The molecule has 0 bridgehead atoms. The Morgan fingerprint density at radius 3 is 2.80 bits per heavy atom. The van der Waals surface area contributed by atoms with E-state index in [4.69, 9.17) is 4.74 Å². The lowest BCUT2D eigenvalue weighted by molar-refractivity contribution is -0.115. The Morgan fingerprint density at radius 2 is 2.10 bits per heavy atom. The van der Waals surface area contributed by atoms with Gasteiger partial charge in [-0.15, -0.1) is 27.0 Å². The fraction of sp³-hybridized carbons (Fsp3) is 0.350. The third-order valence-corrected chi connectivity index (χ3v) is 6.05. The molecule has 0 saturated heterocycles. The molecular formula is C20H24N6O2S2. The Kier molecular flexibility index (Phi) is 7.22. The standard InChI is InChI=1S/C20H24N6O2S2/c1-6-9-26-17(11-28-16-10-12(2)7-8-13(16)3)23-25-20(26)29-14(4)18(27)21-19-24-22-15(5)30-19/h6-8,10,14H,1,9,11H2,2-5H3,(H,21,24,27)/t14-/m0/s1. The summed E-state index contributed by atoms with van der Waals surface area (Å²) in [6.45, 7) is 12.3. The Bertz CT molecular complexity index is 1050. The average Bonchev–Trinajstić information content (AvgIpc) is 3.29. The molecule has 1 N–H and O–H groups in total. The van der Waals surface area contributed by atoms with Crippen LogP contribution in [0.3, 0.4) is 0 Å². The van der Waals surface area contributed by atoms with Crippen molar-refractivity contribution in [1.29, 1.82) is 0 Å². The number of nitrogens with zero attached hydrogens (tertiary/aromatic N) is 5. The lowest BCUT2D eigenvalue weighted by atomic mass is 10.1. The largest absolute Gasteiger partial charge is 0.485 e. The van der Waals surface area contributed by atoms with E-state index in [-0.39, 0.29) is 12.5 Å². The number of aryl methyl sites for hydroxylation is 3. The normalized spacial score (nSPS) is 11.9. The SMILES string of the molecule is C=CCn1c(COc2cc(C)ccc2C)nnc1S[C@@H](C)C(=O)Nc1nnc(C)s1. The first kappa shape index (κ1) is 22.0. The third kappa shape index (κ3) is 5.45. The van der Waals surface area contributed by atoms with E-state index in [0.29, 0.717) is 22.7 Å². The first-order valence-corrected chi connectivity index (χ1v) is 11.1. The highest BCUT2D eigenvalue weighted by molar-refractivity contribution is 8.00. The molecule has 8 nitrogen and oxygen atoms in total. The highest BCUT2D eigenvalue weighted by Gasteiger charge is 2.21. The maximum absolute atomic E-state index is 12.5. The summed E-state index contributed by atoms with van der Waals surface area (Å²) in [6.07, 6.45) is 1.77. The van der Waals surface area contributed by atoms with Crippen LogP contribution in [0.4, 0.5) is 5.13 Å². The fourth-order valence-electron chi connectivity index (χ4n) is 2.60. The fourth-order valence-corrected chi connectivity index (χ4v) is 4.07. The average molecular weight is 445 g/mol. The molecule has 1 atom stereocenters. The highest BCUT2D eigenvalue weighted by atomic mass is 32.2. The number of hydrogen-bond acceptors (Lipinski definition) is 8. The predicted octanol–water partition coefficient (Wildman–Crippen LogP) is 3.94. The second kappa shape index (κ2) is 9.86. The van der Waals surface area contributed by atoms with Crippen molar-refractivity contribution < 1.29 is 9.53 Å². The van der Waals surface area contributed by atoms with E-state index in [2.05, 4.69) is 32.3 Å². The highest BCUT2D eigenvalue weighted by Crippen LogP contribution is 2.25. The van der Waals surface area contributed by atoms with Gasteiger partial charge in [-0.1, -0.05) is 41.3 Å². The number of hydrogen-bond donors (Lipinski definition) is 1. The summed E-state index contributed by atoms with van der Waals surface area (Å²) in [6, 6.07) is 6.08. The molecule has 0 aliphatic carbocycles. The lowest BCUT2D eigenvalue weighted by Crippen LogP contribution is -2.23. The van der Waals surface area contributed by atoms with Gasteiger partial charge in [0, 0.05) is 6.54 Å². The molecule has 0 aliphatic rings. The number of aromatic nitrogens is 5. The zero-order valence-electron chi connectivity index (χ0n) is 17.4. The van der Waals surface area contributed by atoms with Crippen molar-refractivity contribution in [3.05, 3.63) is 52.8 Å². The molecule has 1 amide bonds. The zero-order valence-corrected chi connectivity index (χ0v) is 19.0. The van der Waals surface area contributed by atoms with Crippen LogP contribution in [0.15, 0.2) is 36.0 Å². The van der Waals surface area contributed by atoms with Crippen LogP contribution < -0.4 is 10.1 Å². The van der Waals surface area contributed by atoms with Crippen LogP contribution >= 0.6 is 23.1 Å². The number of carbonyl (C=O) groups excluding carboxylic acids is 1. The number of thioether (sulfide) groups is 1. The van der Waals surface area contributed by atoms with Crippen molar-refractivity contribution in [3.63, 3.8) is 0 Å². The molecule has 3 aromatic rings. The Labute approximate surface area is 183 Å². The van der Waals surface area contributed by atoms with Crippen molar-refractivity contribution in [1.82, 2.24) is 25.0 Å². The summed E-state index contributed by atoms with van der Waals surface area (Å²) in [4.78, 5) is 12.5. The molecule has 0 unspecified atom stereocenters. The quantitative estimate of drug-likeness (QED) is 0.394. The van der Waals surface area contributed by atoms with Gasteiger partial charge < -0.3 is 4.74 Å². The maximum atomic E-state index is 12.5. The summed E-state index contributed by atoms with van der Waals surface area (Å²) in [5, 5.41) is 20.7. The molecule has 0 spiro atoms. The topological polar surface area (TPSA) is 94.8 Å². The van der Waals surface area contributed by atoms with Crippen molar-refractivity contribution in [2.75, 3.05) is 5.32 Å². The van der Waals surface area contributed by atoms with Crippen molar-refractivity contribution >= 4 is 34.1 Å². The molecule has 2 heterocycles. The van der Waals surface area contributed by atoms with Crippen molar-refractivity contribution in [3.8, 4) is 5.75 Å².